The predicted octanol–water partition coefficient (Wildman–Crippen LogP) is 1.93. The van der Waals surface area contributed by atoms with E-state index in [2.05, 4.69) is 0 Å². The van der Waals surface area contributed by atoms with E-state index < -0.39 is 13.1 Å². The summed E-state index contributed by atoms with van der Waals surface area (Å²) in [6, 6.07) is 0. The van der Waals surface area contributed by atoms with Gasteiger partial charge in [0.2, 0.25) is 0 Å². The van der Waals surface area contributed by atoms with Crippen molar-refractivity contribution >= 4 is 13.1 Å². The maximum Gasteiger partial charge on any atom is 0.541 e. The second-order valence-electron chi connectivity index (χ2n) is 2.71. The Morgan fingerprint density at radius 1 is 1.30 bits per heavy atom. The van der Waals surface area contributed by atoms with Crippen molar-refractivity contribution in [1.82, 2.24) is 0 Å². The second kappa shape index (κ2) is 3.13. The van der Waals surface area contributed by atoms with Crippen molar-refractivity contribution in [3.63, 3.8) is 0 Å². The normalized spacial score (nSPS) is 21.2. The molecule has 0 spiro atoms. The molecule has 4 heteroatoms. The molecule has 10 heavy (non-hydrogen) atoms. The fourth-order valence-electron chi connectivity index (χ4n) is 1.21. The SMILES string of the molecule is O=C1CCC(B(F)F)CC1. The maximum absolute atomic E-state index is 11.9. The van der Waals surface area contributed by atoms with Crippen LogP contribution in [-0.2, 0) is 4.79 Å². The van der Waals surface area contributed by atoms with Crippen molar-refractivity contribution in [2.45, 2.75) is 31.5 Å². The topological polar surface area (TPSA) is 17.1 Å². The number of hydrogen-bond donors (Lipinski definition) is 0. The molecule has 56 valence electrons. The van der Waals surface area contributed by atoms with Gasteiger partial charge in [-0.3, -0.25) is 13.4 Å². The molecule has 0 unspecified atom stereocenters. The molecule has 1 aliphatic rings. The number of carbonyl (C=O) groups excluding carboxylic acids is 1. The predicted molar refractivity (Wildman–Crippen MR) is 35.2 cm³/mol. The molecule has 0 N–H and O–H groups in total. The fourth-order valence-corrected chi connectivity index (χ4v) is 1.21. The zero-order valence-corrected chi connectivity index (χ0v) is 5.65. The molecule has 0 aromatic rings. The van der Waals surface area contributed by atoms with Gasteiger partial charge in [-0.25, -0.2) is 0 Å². The first kappa shape index (κ1) is 7.70. The fraction of sp³-hybridized carbons (Fsp3) is 0.833. The van der Waals surface area contributed by atoms with E-state index in [1.54, 1.807) is 0 Å². The molecule has 1 saturated carbocycles. The van der Waals surface area contributed by atoms with E-state index in [0.717, 1.165) is 0 Å². The van der Waals surface area contributed by atoms with Gasteiger partial charge in [0.15, 0.2) is 0 Å². The minimum absolute atomic E-state index is 0.136. The van der Waals surface area contributed by atoms with Gasteiger partial charge in [-0.1, -0.05) is 0 Å². The van der Waals surface area contributed by atoms with Crippen LogP contribution in [0.25, 0.3) is 0 Å². The lowest BCUT2D eigenvalue weighted by atomic mass is 9.69. The maximum atomic E-state index is 11.9. The summed E-state index contributed by atoms with van der Waals surface area (Å²) in [5, 5.41) is 0. The number of ketones is 1. The first-order chi connectivity index (χ1) is 4.70. The van der Waals surface area contributed by atoms with Crippen LogP contribution in [0.1, 0.15) is 25.7 Å². The first-order valence-corrected chi connectivity index (χ1v) is 3.50. The first-order valence-electron chi connectivity index (χ1n) is 3.50. The van der Waals surface area contributed by atoms with Crippen molar-refractivity contribution in [3.8, 4) is 0 Å². The Bertz CT molecular complexity index is 128. The Balaban J connectivity index is 2.33. The van der Waals surface area contributed by atoms with E-state index in [0.29, 0.717) is 25.7 Å². The van der Waals surface area contributed by atoms with Crippen molar-refractivity contribution in [1.29, 1.82) is 0 Å². The molecule has 1 aliphatic carbocycles. The molecule has 0 radical (unpaired) electrons. The summed E-state index contributed by atoms with van der Waals surface area (Å²) in [7, 11) is -2.23. The number of halogens is 2. The molecular formula is C6H9BF2O. The van der Waals surface area contributed by atoms with Crippen LogP contribution in [0.5, 0.6) is 0 Å². The van der Waals surface area contributed by atoms with Gasteiger partial charge in [-0.2, -0.15) is 0 Å². The summed E-state index contributed by atoms with van der Waals surface area (Å²) >= 11 is 0. The molecular weight excluding hydrogens is 137 g/mol. The zero-order chi connectivity index (χ0) is 7.56. The molecule has 0 heterocycles. The van der Waals surface area contributed by atoms with E-state index in [-0.39, 0.29) is 5.78 Å². The van der Waals surface area contributed by atoms with E-state index in [1.165, 1.54) is 0 Å². The van der Waals surface area contributed by atoms with E-state index in [1.807, 2.05) is 0 Å². The summed E-state index contributed by atoms with van der Waals surface area (Å²) in [4.78, 5) is 10.6. The third-order valence-electron chi connectivity index (χ3n) is 1.94. The highest BCUT2D eigenvalue weighted by Gasteiger charge is 2.30. The van der Waals surface area contributed by atoms with Crippen LogP contribution >= 0.6 is 0 Å². The number of carbonyl (C=O) groups is 1. The van der Waals surface area contributed by atoms with Gasteiger partial charge in [-0.05, 0) is 12.8 Å². The van der Waals surface area contributed by atoms with Crippen molar-refractivity contribution in [3.05, 3.63) is 0 Å². The molecule has 0 amide bonds. The second-order valence-corrected chi connectivity index (χ2v) is 2.71. The standard InChI is InChI=1S/C6H9BF2O/c8-7(9)5-1-3-6(10)4-2-5/h5H,1-4H2. The average Bonchev–Trinajstić information content (AvgIpc) is 1.88. The molecule has 1 fully saturated rings. The number of Topliss-reactive ketones (excluding diaryl/α,β-unsaturated/α-hetero) is 1. The minimum atomic E-state index is -2.23. The molecule has 1 rings (SSSR count). The highest BCUT2D eigenvalue weighted by molar-refractivity contribution is 6.44. The molecule has 0 bridgehead atoms. The van der Waals surface area contributed by atoms with Gasteiger partial charge >= 0.3 is 7.27 Å². The Hall–Kier alpha value is -0.405. The lowest BCUT2D eigenvalue weighted by molar-refractivity contribution is -0.120. The summed E-state index contributed by atoms with van der Waals surface area (Å²) < 4.78 is 23.9. The minimum Gasteiger partial charge on any atom is -0.300 e. The van der Waals surface area contributed by atoms with Gasteiger partial charge in [-0.15, -0.1) is 0 Å². The Morgan fingerprint density at radius 3 is 2.20 bits per heavy atom. The number of rotatable bonds is 1. The molecule has 0 aliphatic heterocycles. The summed E-state index contributed by atoms with van der Waals surface area (Å²) in [6.45, 7) is 0. The monoisotopic (exact) mass is 146 g/mol. The van der Waals surface area contributed by atoms with Crippen LogP contribution in [0.15, 0.2) is 0 Å². The van der Waals surface area contributed by atoms with Crippen LogP contribution in [0.2, 0.25) is 5.82 Å². The highest BCUT2D eigenvalue weighted by atomic mass is 19.2. The van der Waals surface area contributed by atoms with Crippen molar-refractivity contribution < 1.29 is 13.4 Å². The van der Waals surface area contributed by atoms with E-state index >= 15 is 0 Å². The lowest BCUT2D eigenvalue weighted by Crippen LogP contribution is -2.17. The molecule has 0 aromatic heterocycles. The summed E-state index contributed by atoms with van der Waals surface area (Å²) in [5.41, 5.74) is 0. The largest absolute Gasteiger partial charge is 0.541 e. The van der Waals surface area contributed by atoms with Crippen LogP contribution in [0.4, 0.5) is 8.63 Å². The average molecular weight is 146 g/mol. The van der Waals surface area contributed by atoms with Crippen LogP contribution in [-0.4, -0.2) is 13.1 Å². The zero-order valence-electron chi connectivity index (χ0n) is 5.65. The van der Waals surface area contributed by atoms with Gasteiger partial charge in [0.05, 0.1) is 0 Å². The molecule has 0 atom stereocenters. The van der Waals surface area contributed by atoms with Gasteiger partial charge < -0.3 is 0 Å². The third kappa shape index (κ3) is 1.79. The Labute approximate surface area is 59.0 Å². The van der Waals surface area contributed by atoms with Crippen molar-refractivity contribution in [2.24, 2.45) is 0 Å². The quantitative estimate of drug-likeness (QED) is 0.516. The lowest BCUT2D eigenvalue weighted by Gasteiger charge is -2.17. The molecule has 0 aromatic carbocycles. The smallest absolute Gasteiger partial charge is 0.300 e. The van der Waals surface area contributed by atoms with E-state index in [9.17, 15) is 13.4 Å². The Kier molecular flexibility index (Phi) is 2.41. The van der Waals surface area contributed by atoms with Crippen LogP contribution in [0.3, 0.4) is 0 Å². The van der Waals surface area contributed by atoms with Crippen LogP contribution in [0, 0.1) is 0 Å². The van der Waals surface area contributed by atoms with Gasteiger partial charge in [0.1, 0.15) is 5.78 Å². The van der Waals surface area contributed by atoms with Gasteiger partial charge in [0.25, 0.3) is 0 Å². The van der Waals surface area contributed by atoms with Crippen molar-refractivity contribution in [2.75, 3.05) is 0 Å². The highest BCUT2D eigenvalue weighted by Crippen LogP contribution is 2.30. The molecule has 1 nitrogen and oxygen atoms in total. The van der Waals surface area contributed by atoms with Crippen LogP contribution < -0.4 is 0 Å². The van der Waals surface area contributed by atoms with E-state index in [4.69, 9.17) is 0 Å². The molecule has 0 saturated heterocycles. The summed E-state index contributed by atoms with van der Waals surface area (Å²) in [5.74, 6) is -0.380. The van der Waals surface area contributed by atoms with Gasteiger partial charge in [0, 0.05) is 18.7 Å². The summed E-state index contributed by atoms with van der Waals surface area (Å²) in [6.07, 6.45) is 1.48. The third-order valence-corrected chi connectivity index (χ3v) is 1.94. The number of hydrogen-bond acceptors (Lipinski definition) is 1. The Morgan fingerprint density at radius 2 is 1.80 bits per heavy atom.